The number of ketones is 2. The maximum Gasteiger partial charge on any atom is 0.454 e. The summed E-state index contributed by atoms with van der Waals surface area (Å²) in [5.41, 5.74) is 1.93. The molecule has 14 heteroatoms. The third kappa shape index (κ3) is 11.6. The quantitative estimate of drug-likeness (QED) is 0.140. The Morgan fingerprint density at radius 1 is 0.543 bits per heavy atom. The minimum Gasteiger partial charge on any atom is -0.379 e. The van der Waals surface area contributed by atoms with Crippen molar-refractivity contribution >= 4 is 34.8 Å². The molecule has 2 amide bonds. The van der Waals surface area contributed by atoms with Crippen LogP contribution in [0.5, 0.6) is 0 Å². The molecule has 46 heavy (non-hydrogen) atoms. The van der Waals surface area contributed by atoms with Gasteiger partial charge in [0.15, 0.2) is 0 Å². The molecule has 0 aliphatic carbocycles. The van der Waals surface area contributed by atoms with E-state index in [1.165, 1.54) is 24.3 Å². The van der Waals surface area contributed by atoms with Crippen LogP contribution in [-0.2, 0) is 32.0 Å². The van der Waals surface area contributed by atoms with Crippen molar-refractivity contribution in [2.24, 2.45) is 0 Å². The molecule has 2 unspecified atom stereocenters. The zero-order valence-corrected chi connectivity index (χ0v) is 23.9. The topological polar surface area (TPSA) is 116 Å². The van der Waals surface area contributed by atoms with Gasteiger partial charge in [0.1, 0.15) is 12.1 Å². The van der Waals surface area contributed by atoms with Crippen LogP contribution in [-0.4, -0.2) is 47.8 Å². The van der Waals surface area contributed by atoms with Gasteiger partial charge in [-0.1, -0.05) is 60.7 Å². The molecule has 0 aromatic heterocycles. The normalized spacial score (nSPS) is 13.2. The van der Waals surface area contributed by atoms with E-state index in [0.717, 1.165) is 12.4 Å². The van der Waals surface area contributed by atoms with E-state index in [-0.39, 0.29) is 36.4 Å². The van der Waals surface area contributed by atoms with Crippen molar-refractivity contribution in [1.29, 1.82) is 0 Å². The number of amides is 2. The highest BCUT2D eigenvalue weighted by molar-refractivity contribution is 5.98. The molecule has 2 atom stereocenters. The van der Waals surface area contributed by atoms with Gasteiger partial charge in [0.05, 0.1) is 0 Å². The monoisotopic (exact) mass is 646 g/mol. The van der Waals surface area contributed by atoms with Crippen molar-refractivity contribution in [3.05, 3.63) is 121 Å². The van der Waals surface area contributed by atoms with Crippen molar-refractivity contribution in [3.63, 3.8) is 0 Å². The summed E-state index contributed by atoms with van der Waals surface area (Å²) >= 11 is 0. The molecule has 0 radical (unpaired) electrons. The summed E-state index contributed by atoms with van der Waals surface area (Å²) in [5, 5.41) is 10.3. The summed E-state index contributed by atoms with van der Waals surface area (Å²) < 4.78 is 75.3. The van der Waals surface area contributed by atoms with Crippen LogP contribution >= 0.6 is 0 Å². The Kier molecular flexibility index (Phi) is 12.3. The van der Waals surface area contributed by atoms with Crippen LogP contribution in [0.4, 0.5) is 37.7 Å². The summed E-state index contributed by atoms with van der Waals surface area (Å²) in [6.45, 7) is 0. The maximum absolute atomic E-state index is 13.0. The SMILES string of the molecule is O=C(Nc1ccc(NC(=O)C(Cc2ccccc2)NC=CC(=O)C(F)(F)F)cc1)C(Cc1ccccc1)NC=CC(=O)C(F)(F)F. The van der Waals surface area contributed by atoms with Crippen LogP contribution in [0, 0.1) is 0 Å². The molecule has 0 saturated heterocycles. The molecule has 0 aliphatic heterocycles. The lowest BCUT2D eigenvalue weighted by atomic mass is 10.0. The smallest absolute Gasteiger partial charge is 0.379 e. The van der Waals surface area contributed by atoms with Crippen LogP contribution in [0.2, 0.25) is 0 Å². The van der Waals surface area contributed by atoms with Gasteiger partial charge in [0, 0.05) is 48.8 Å². The lowest BCUT2D eigenvalue weighted by molar-refractivity contribution is -0.165. The Hall–Kier alpha value is -5.40. The predicted molar refractivity (Wildman–Crippen MR) is 158 cm³/mol. The number of alkyl halides is 6. The minimum atomic E-state index is -5.06. The maximum atomic E-state index is 13.0. The fraction of sp³-hybridized carbons (Fsp3) is 0.188. The number of anilines is 2. The molecule has 3 aromatic rings. The van der Waals surface area contributed by atoms with Crippen molar-refractivity contribution < 1.29 is 45.5 Å². The first-order valence-corrected chi connectivity index (χ1v) is 13.6. The number of carbonyl (C=O) groups excluding carboxylic acids is 4. The Bertz CT molecular complexity index is 1420. The molecule has 3 aromatic carbocycles. The minimum absolute atomic E-state index is 0.0736. The molecule has 0 heterocycles. The number of hydrogen-bond donors (Lipinski definition) is 4. The summed E-state index contributed by atoms with van der Waals surface area (Å²) in [6, 6.07) is 20.9. The number of hydrogen-bond acceptors (Lipinski definition) is 6. The first-order valence-electron chi connectivity index (χ1n) is 13.6. The first-order chi connectivity index (χ1) is 21.7. The lowest BCUT2D eigenvalue weighted by Crippen LogP contribution is -2.40. The standard InChI is InChI=1S/C32H28F6N4O4/c33-31(34,35)27(43)15-17-39-25(19-21-7-3-1-4-8-21)29(45)41-23-11-13-24(14-12-23)42-30(46)26(20-22-9-5-2-6-10-22)40-18-16-28(44)32(36,37)38/h1-18,25-26,39-40H,19-20H2,(H,41,45)(H,42,46). The Balaban J connectivity index is 1.68. The third-order valence-corrected chi connectivity index (χ3v) is 6.24. The van der Waals surface area contributed by atoms with Crippen molar-refractivity contribution in [2.75, 3.05) is 10.6 Å². The molecule has 0 spiro atoms. The fourth-order valence-corrected chi connectivity index (χ4v) is 3.92. The number of benzene rings is 3. The molecular weight excluding hydrogens is 618 g/mol. The summed E-state index contributed by atoms with van der Waals surface area (Å²) in [4.78, 5) is 48.4. The van der Waals surface area contributed by atoms with E-state index >= 15 is 0 Å². The van der Waals surface area contributed by atoms with Gasteiger partial charge in [-0.3, -0.25) is 19.2 Å². The Morgan fingerprint density at radius 2 is 0.870 bits per heavy atom. The first kappa shape index (κ1) is 35.1. The average molecular weight is 647 g/mol. The molecule has 242 valence electrons. The van der Waals surface area contributed by atoms with Gasteiger partial charge >= 0.3 is 12.4 Å². The van der Waals surface area contributed by atoms with Gasteiger partial charge < -0.3 is 21.3 Å². The van der Waals surface area contributed by atoms with E-state index in [4.69, 9.17) is 0 Å². The zero-order valence-electron chi connectivity index (χ0n) is 23.9. The summed E-state index contributed by atoms with van der Waals surface area (Å²) in [7, 11) is 0. The second-order valence-electron chi connectivity index (χ2n) is 9.76. The second kappa shape index (κ2) is 16.1. The van der Waals surface area contributed by atoms with Crippen molar-refractivity contribution in [1.82, 2.24) is 10.6 Å². The van der Waals surface area contributed by atoms with Crippen LogP contribution in [0.25, 0.3) is 0 Å². The van der Waals surface area contributed by atoms with Gasteiger partial charge in [-0.2, -0.15) is 26.3 Å². The predicted octanol–water partition coefficient (Wildman–Crippen LogP) is 5.26. The van der Waals surface area contributed by atoms with Crippen LogP contribution in [0.1, 0.15) is 11.1 Å². The van der Waals surface area contributed by atoms with Gasteiger partial charge in [-0.15, -0.1) is 0 Å². The second-order valence-corrected chi connectivity index (χ2v) is 9.76. The highest BCUT2D eigenvalue weighted by Crippen LogP contribution is 2.18. The number of allylic oxidation sites excluding steroid dienone is 2. The van der Waals surface area contributed by atoms with Gasteiger partial charge in [-0.05, 0) is 35.4 Å². The van der Waals surface area contributed by atoms with Crippen molar-refractivity contribution in [2.45, 2.75) is 37.3 Å². The lowest BCUT2D eigenvalue weighted by Gasteiger charge is -2.19. The molecule has 0 bridgehead atoms. The largest absolute Gasteiger partial charge is 0.454 e. The Labute approximate surface area is 259 Å². The molecule has 0 aliphatic rings. The highest BCUT2D eigenvalue weighted by Gasteiger charge is 2.37. The van der Waals surface area contributed by atoms with Gasteiger partial charge in [-0.25, -0.2) is 0 Å². The molecule has 3 rings (SSSR count). The molecule has 0 saturated carbocycles. The molecular formula is C32H28F6N4O4. The van der Waals surface area contributed by atoms with E-state index in [2.05, 4.69) is 21.3 Å². The number of rotatable bonds is 14. The van der Waals surface area contributed by atoms with Crippen molar-refractivity contribution in [3.8, 4) is 0 Å². The molecule has 4 N–H and O–H groups in total. The van der Waals surface area contributed by atoms with E-state index < -0.39 is 47.8 Å². The van der Waals surface area contributed by atoms with Gasteiger partial charge in [0.25, 0.3) is 11.6 Å². The van der Waals surface area contributed by atoms with Crippen LogP contribution in [0.15, 0.2) is 109 Å². The average Bonchev–Trinajstić information content (AvgIpc) is 3.01. The molecule has 8 nitrogen and oxygen atoms in total. The number of halogens is 6. The zero-order chi connectivity index (χ0) is 33.7. The number of nitrogens with one attached hydrogen (secondary N) is 4. The van der Waals surface area contributed by atoms with Gasteiger partial charge in [0.2, 0.25) is 11.8 Å². The molecule has 0 fully saturated rings. The summed E-state index contributed by atoms with van der Waals surface area (Å²) in [6.07, 6.45) is -7.89. The summed E-state index contributed by atoms with van der Waals surface area (Å²) in [5.74, 6) is -5.44. The van der Waals surface area contributed by atoms with E-state index in [1.807, 2.05) is 0 Å². The Morgan fingerprint density at radius 3 is 1.17 bits per heavy atom. The van der Waals surface area contributed by atoms with Crippen LogP contribution in [0.3, 0.4) is 0 Å². The van der Waals surface area contributed by atoms with E-state index in [1.54, 1.807) is 60.7 Å². The van der Waals surface area contributed by atoms with Crippen LogP contribution < -0.4 is 21.3 Å². The number of carbonyl (C=O) groups is 4. The fourth-order valence-electron chi connectivity index (χ4n) is 3.92. The highest BCUT2D eigenvalue weighted by atomic mass is 19.4. The van der Waals surface area contributed by atoms with E-state index in [0.29, 0.717) is 11.1 Å². The van der Waals surface area contributed by atoms with E-state index in [9.17, 15) is 45.5 Å². The third-order valence-electron chi connectivity index (χ3n) is 6.24.